The van der Waals surface area contributed by atoms with Gasteiger partial charge in [-0.25, -0.2) is 4.90 Å². The lowest BCUT2D eigenvalue weighted by molar-refractivity contribution is -0.117. The van der Waals surface area contributed by atoms with Crippen LogP contribution in [0.1, 0.15) is 0 Å². The Bertz CT molecular complexity index is 550. The van der Waals surface area contributed by atoms with Crippen LogP contribution in [-0.2, 0) is 20.7 Å². The van der Waals surface area contributed by atoms with Gasteiger partial charge >= 0.3 is 17.2 Å². The molecule has 0 spiro atoms. The largest absolute Gasteiger partial charge is 0.511 e. The summed E-state index contributed by atoms with van der Waals surface area (Å²) in [4.78, 5) is 12.4. The van der Waals surface area contributed by atoms with E-state index in [4.69, 9.17) is 23.2 Å². The van der Waals surface area contributed by atoms with Crippen molar-refractivity contribution in [3.63, 3.8) is 0 Å². The fourth-order valence-corrected chi connectivity index (χ4v) is 2.39. The van der Waals surface area contributed by atoms with Crippen molar-refractivity contribution in [2.75, 3.05) is 4.90 Å². The number of aliphatic hydroxyl groups is 1. The Morgan fingerprint density at radius 2 is 2.11 bits per heavy atom. The van der Waals surface area contributed by atoms with E-state index in [1.165, 1.54) is 4.90 Å². The highest BCUT2D eigenvalue weighted by molar-refractivity contribution is 7.66. The van der Waals surface area contributed by atoms with E-state index < -0.39 is 11.4 Å². The van der Waals surface area contributed by atoms with Crippen molar-refractivity contribution in [3.05, 3.63) is 40.2 Å². The molecule has 2 N–H and O–H groups in total. The molecule has 0 saturated heterocycles. The maximum absolute atomic E-state index is 11.2. The molecule has 1 aromatic carbocycles. The molecule has 2 rings (SSSR count). The van der Waals surface area contributed by atoms with Gasteiger partial charge in [0.15, 0.2) is 0 Å². The van der Waals surface area contributed by atoms with Gasteiger partial charge in [0.05, 0.1) is 21.8 Å². The lowest BCUT2D eigenvalue weighted by Crippen LogP contribution is -2.51. The second kappa shape index (κ2) is 5.09. The molecular weight excluding hydrogens is 299 g/mol. The summed E-state index contributed by atoms with van der Waals surface area (Å²) in [6.07, 6.45) is 0.962. The molecule has 1 atom stereocenters. The van der Waals surface area contributed by atoms with Crippen LogP contribution in [0.15, 0.2) is 30.2 Å². The Kier molecular flexibility index (Phi) is 3.70. The number of halogens is 2. The van der Waals surface area contributed by atoms with Gasteiger partial charge in [-0.3, -0.25) is 10.1 Å². The van der Waals surface area contributed by atoms with Crippen LogP contribution >= 0.6 is 23.2 Å². The quantitative estimate of drug-likeness (QED) is 0.820. The average Bonchev–Trinajstić information content (AvgIpc) is 2.32. The van der Waals surface area contributed by atoms with Gasteiger partial charge in [-0.15, -0.1) is 0 Å². The van der Waals surface area contributed by atoms with E-state index in [0.717, 1.165) is 6.08 Å². The first-order valence-corrected chi connectivity index (χ1v) is 6.33. The SMILES string of the molecule is O=[S+]C1NC(=O)C=C(O)N1c1cccc(Cl)c1Cl. The van der Waals surface area contributed by atoms with Gasteiger partial charge in [0, 0.05) is 4.21 Å². The highest BCUT2D eigenvalue weighted by atomic mass is 35.5. The maximum Gasteiger partial charge on any atom is 0.511 e. The van der Waals surface area contributed by atoms with Gasteiger partial charge in [0.25, 0.3) is 5.91 Å². The molecule has 1 unspecified atom stereocenters. The summed E-state index contributed by atoms with van der Waals surface area (Å²) in [5, 5.41) is 12.6. The van der Waals surface area contributed by atoms with Crippen molar-refractivity contribution < 1.29 is 14.1 Å². The van der Waals surface area contributed by atoms with Crippen molar-refractivity contribution in [3.8, 4) is 0 Å². The van der Waals surface area contributed by atoms with E-state index >= 15 is 0 Å². The molecule has 0 radical (unpaired) electrons. The predicted molar refractivity (Wildman–Crippen MR) is 69.6 cm³/mol. The first kappa shape index (κ1) is 13.1. The van der Waals surface area contributed by atoms with Crippen molar-refractivity contribution in [1.82, 2.24) is 5.32 Å². The summed E-state index contributed by atoms with van der Waals surface area (Å²) in [6.45, 7) is 0. The molecule has 18 heavy (non-hydrogen) atoms. The second-order valence-electron chi connectivity index (χ2n) is 3.40. The Balaban J connectivity index is 2.53. The first-order chi connectivity index (χ1) is 8.54. The van der Waals surface area contributed by atoms with Crippen LogP contribution in [0.4, 0.5) is 5.69 Å². The fourth-order valence-electron chi connectivity index (χ4n) is 1.53. The molecule has 94 valence electrons. The molecule has 1 aliphatic rings. The third kappa shape index (κ3) is 2.27. The number of benzene rings is 1. The number of carbonyl (C=O) groups is 1. The lowest BCUT2D eigenvalue weighted by Gasteiger charge is -2.26. The van der Waals surface area contributed by atoms with E-state index in [9.17, 15) is 14.1 Å². The molecule has 0 aliphatic carbocycles. The number of carbonyl (C=O) groups excluding carboxylic acids is 1. The van der Waals surface area contributed by atoms with Crippen LogP contribution in [0.2, 0.25) is 10.0 Å². The predicted octanol–water partition coefficient (Wildman–Crippen LogP) is 2.04. The number of amides is 1. The Hall–Kier alpha value is -1.37. The number of aliphatic hydroxyl groups excluding tert-OH is 1. The zero-order valence-electron chi connectivity index (χ0n) is 8.76. The zero-order valence-corrected chi connectivity index (χ0v) is 11.1. The van der Waals surface area contributed by atoms with Gasteiger partial charge in [-0.2, -0.15) is 0 Å². The Labute approximate surface area is 116 Å². The van der Waals surface area contributed by atoms with Gasteiger partial charge in [0.2, 0.25) is 5.88 Å². The fraction of sp³-hybridized carbons (Fsp3) is 0.100. The van der Waals surface area contributed by atoms with E-state index in [0.29, 0.717) is 5.69 Å². The molecule has 0 saturated carbocycles. The van der Waals surface area contributed by atoms with Gasteiger partial charge in [-0.1, -0.05) is 29.3 Å². The molecular formula is C10H7Cl2N2O3S+. The molecule has 1 heterocycles. The lowest BCUT2D eigenvalue weighted by atomic mass is 10.2. The van der Waals surface area contributed by atoms with Gasteiger partial charge in [0.1, 0.15) is 0 Å². The first-order valence-electron chi connectivity index (χ1n) is 4.77. The molecule has 0 aromatic heterocycles. The minimum Gasteiger partial charge on any atom is -0.494 e. The van der Waals surface area contributed by atoms with Crippen molar-refractivity contribution in [1.29, 1.82) is 0 Å². The summed E-state index contributed by atoms with van der Waals surface area (Å²) in [6, 6.07) is 4.79. The van der Waals surface area contributed by atoms with E-state index in [1.807, 2.05) is 0 Å². The van der Waals surface area contributed by atoms with Crippen molar-refractivity contribution in [2.45, 2.75) is 5.50 Å². The number of anilines is 1. The minimum absolute atomic E-state index is 0.112. The van der Waals surface area contributed by atoms with Crippen molar-refractivity contribution in [2.24, 2.45) is 0 Å². The van der Waals surface area contributed by atoms with Crippen LogP contribution in [0.25, 0.3) is 0 Å². The second-order valence-corrected chi connectivity index (χ2v) is 4.83. The van der Waals surface area contributed by atoms with Crippen LogP contribution in [0, 0.1) is 0 Å². The van der Waals surface area contributed by atoms with Crippen LogP contribution in [0.3, 0.4) is 0 Å². The topological polar surface area (TPSA) is 69.6 Å². The molecule has 8 heteroatoms. The number of hydrogen-bond donors (Lipinski definition) is 2. The number of nitrogens with one attached hydrogen (secondary N) is 1. The molecule has 5 nitrogen and oxygen atoms in total. The molecule has 0 bridgehead atoms. The third-order valence-electron chi connectivity index (χ3n) is 2.29. The van der Waals surface area contributed by atoms with E-state index in [1.54, 1.807) is 18.2 Å². The van der Waals surface area contributed by atoms with Gasteiger partial charge < -0.3 is 5.11 Å². The molecule has 1 aromatic rings. The smallest absolute Gasteiger partial charge is 0.494 e. The summed E-state index contributed by atoms with van der Waals surface area (Å²) < 4.78 is 11.0. The van der Waals surface area contributed by atoms with Gasteiger partial charge in [-0.05, 0) is 12.1 Å². The standard InChI is InChI=1S/C10H6Cl2N2O3S/c11-5-2-1-3-6(9(5)12)14-8(16)4-7(15)13-10(14)18-17/h1-4,10H,(H-,13,15,16)/p+1. The molecule has 1 amide bonds. The van der Waals surface area contributed by atoms with E-state index in [-0.39, 0.29) is 27.6 Å². The number of hydrogen-bond acceptors (Lipinski definition) is 4. The number of rotatable bonds is 2. The summed E-state index contributed by atoms with van der Waals surface area (Å²) in [5.74, 6) is -0.911. The Morgan fingerprint density at radius 1 is 1.39 bits per heavy atom. The minimum atomic E-state index is -0.988. The Morgan fingerprint density at radius 3 is 2.78 bits per heavy atom. The summed E-state index contributed by atoms with van der Waals surface area (Å²) in [7, 11) is 0. The van der Waals surface area contributed by atoms with Crippen molar-refractivity contribution >= 4 is 46.5 Å². The third-order valence-corrected chi connectivity index (χ3v) is 3.61. The van der Waals surface area contributed by atoms with Crippen LogP contribution in [0.5, 0.6) is 0 Å². The molecule has 0 fully saturated rings. The average molecular weight is 306 g/mol. The highest BCUT2D eigenvalue weighted by Crippen LogP contribution is 2.35. The van der Waals surface area contributed by atoms with E-state index in [2.05, 4.69) is 5.32 Å². The monoisotopic (exact) mass is 305 g/mol. The zero-order chi connectivity index (χ0) is 13.3. The normalized spacial score (nSPS) is 19.2. The highest BCUT2D eigenvalue weighted by Gasteiger charge is 2.39. The summed E-state index contributed by atoms with van der Waals surface area (Å²) >= 11 is 12.0. The van der Waals surface area contributed by atoms with Crippen LogP contribution in [-0.4, -0.2) is 16.5 Å². The summed E-state index contributed by atoms with van der Waals surface area (Å²) in [5.41, 5.74) is -0.648. The maximum atomic E-state index is 11.2. The molecule has 1 aliphatic heterocycles. The van der Waals surface area contributed by atoms with Crippen LogP contribution < -0.4 is 10.2 Å². The number of nitrogens with zero attached hydrogens (tertiary/aromatic N) is 1.